The molecule has 2 N–H and O–H groups in total. The third-order valence-electron chi connectivity index (χ3n) is 3.88. The van der Waals surface area contributed by atoms with Crippen molar-refractivity contribution in [3.8, 4) is 0 Å². The molecule has 3 heteroatoms. The molecular weight excluding hydrogens is 212 g/mol. The van der Waals surface area contributed by atoms with E-state index in [0.29, 0.717) is 12.1 Å². The molecule has 2 unspecified atom stereocenters. The third kappa shape index (κ3) is 1.85. The Morgan fingerprint density at radius 3 is 3.00 bits per heavy atom. The lowest BCUT2D eigenvalue weighted by Gasteiger charge is -2.22. The van der Waals surface area contributed by atoms with Crippen LogP contribution >= 0.6 is 0 Å². The van der Waals surface area contributed by atoms with E-state index in [4.69, 9.17) is 10.2 Å². The Morgan fingerprint density at radius 2 is 2.24 bits per heavy atom. The minimum absolute atomic E-state index is 0.313. The molecule has 3 nitrogen and oxygen atoms in total. The molecule has 0 bridgehead atoms. The Balaban J connectivity index is 1.86. The molecular formula is C14H18N2O. The molecule has 17 heavy (non-hydrogen) atoms. The Kier molecular flexibility index (Phi) is 2.65. The van der Waals surface area contributed by atoms with Crippen LogP contribution in [0.5, 0.6) is 0 Å². The van der Waals surface area contributed by atoms with Crippen molar-refractivity contribution in [1.82, 2.24) is 4.90 Å². The molecule has 0 spiro atoms. The lowest BCUT2D eigenvalue weighted by molar-refractivity contribution is 0.252. The normalized spacial score (nSPS) is 25.8. The highest BCUT2D eigenvalue weighted by molar-refractivity contribution is 5.80. The highest BCUT2D eigenvalue weighted by Gasteiger charge is 2.28. The van der Waals surface area contributed by atoms with E-state index in [1.165, 1.54) is 10.9 Å². The van der Waals surface area contributed by atoms with Crippen molar-refractivity contribution in [2.24, 2.45) is 5.73 Å². The predicted octanol–water partition coefficient (Wildman–Crippen LogP) is 2.35. The fourth-order valence-corrected chi connectivity index (χ4v) is 2.63. The second-order valence-electron chi connectivity index (χ2n) is 4.92. The zero-order valence-electron chi connectivity index (χ0n) is 10.1. The second-order valence-corrected chi connectivity index (χ2v) is 4.92. The lowest BCUT2D eigenvalue weighted by atomic mass is 10.1. The first kappa shape index (κ1) is 10.8. The number of rotatable bonds is 2. The molecule has 0 amide bonds. The first-order valence-electron chi connectivity index (χ1n) is 6.20. The van der Waals surface area contributed by atoms with Crippen molar-refractivity contribution in [2.75, 3.05) is 6.54 Å². The number of nitrogens with two attached hydrogens (primary N) is 1. The van der Waals surface area contributed by atoms with Crippen molar-refractivity contribution < 1.29 is 4.42 Å². The standard InChI is InChI=1S/C14H18N2O/c1-10-13(15)6-7-16(10)8-11-9-17-14-5-3-2-4-12(11)14/h2-5,9-10,13H,6-8,15H2,1H3. The molecule has 1 fully saturated rings. The summed E-state index contributed by atoms with van der Waals surface area (Å²) in [6.45, 7) is 4.23. The number of benzene rings is 1. The highest BCUT2D eigenvalue weighted by atomic mass is 16.3. The van der Waals surface area contributed by atoms with Gasteiger partial charge in [0.2, 0.25) is 0 Å². The van der Waals surface area contributed by atoms with Gasteiger partial charge in [-0.15, -0.1) is 0 Å². The van der Waals surface area contributed by atoms with Gasteiger partial charge in [-0.1, -0.05) is 18.2 Å². The summed E-state index contributed by atoms with van der Waals surface area (Å²) in [4.78, 5) is 2.43. The predicted molar refractivity (Wildman–Crippen MR) is 68.7 cm³/mol. The smallest absolute Gasteiger partial charge is 0.134 e. The first-order chi connectivity index (χ1) is 8.25. The minimum Gasteiger partial charge on any atom is -0.464 e. The van der Waals surface area contributed by atoms with Gasteiger partial charge in [0.25, 0.3) is 0 Å². The highest BCUT2D eigenvalue weighted by Crippen LogP contribution is 2.25. The number of hydrogen-bond acceptors (Lipinski definition) is 3. The van der Waals surface area contributed by atoms with Crippen LogP contribution < -0.4 is 5.73 Å². The van der Waals surface area contributed by atoms with Crippen LogP contribution in [0.3, 0.4) is 0 Å². The zero-order valence-corrected chi connectivity index (χ0v) is 10.1. The SMILES string of the molecule is CC1C(N)CCN1Cc1coc2ccccc12. The van der Waals surface area contributed by atoms with Gasteiger partial charge in [0.15, 0.2) is 0 Å². The van der Waals surface area contributed by atoms with Crippen molar-refractivity contribution in [3.05, 3.63) is 36.1 Å². The Hall–Kier alpha value is -1.32. The van der Waals surface area contributed by atoms with Gasteiger partial charge in [-0.3, -0.25) is 4.90 Å². The number of para-hydroxylation sites is 1. The first-order valence-corrected chi connectivity index (χ1v) is 6.20. The molecule has 0 radical (unpaired) electrons. The summed E-state index contributed by atoms with van der Waals surface area (Å²) in [5.41, 5.74) is 8.28. The molecule has 1 aliphatic rings. The topological polar surface area (TPSA) is 42.4 Å². The molecule has 1 aromatic carbocycles. The van der Waals surface area contributed by atoms with Crippen LogP contribution in [0, 0.1) is 0 Å². The van der Waals surface area contributed by atoms with Crippen LogP contribution in [0.2, 0.25) is 0 Å². The summed E-state index contributed by atoms with van der Waals surface area (Å²) in [5.74, 6) is 0. The van der Waals surface area contributed by atoms with Crippen molar-refractivity contribution in [1.29, 1.82) is 0 Å². The fourth-order valence-electron chi connectivity index (χ4n) is 2.63. The summed E-state index contributed by atoms with van der Waals surface area (Å²) >= 11 is 0. The Morgan fingerprint density at radius 1 is 1.41 bits per heavy atom. The zero-order chi connectivity index (χ0) is 11.8. The fraction of sp³-hybridized carbons (Fsp3) is 0.429. The van der Waals surface area contributed by atoms with Crippen LogP contribution in [0.15, 0.2) is 34.9 Å². The summed E-state index contributed by atoms with van der Waals surface area (Å²) in [6.07, 6.45) is 2.97. The van der Waals surface area contributed by atoms with Gasteiger partial charge in [0.1, 0.15) is 5.58 Å². The van der Waals surface area contributed by atoms with Gasteiger partial charge in [0, 0.05) is 36.1 Å². The van der Waals surface area contributed by atoms with Gasteiger partial charge >= 0.3 is 0 Å². The van der Waals surface area contributed by atoms with Crippen LogP contribution in [0.1, 0.15) is 18.9 Å². The summed E-state index contributed by atoms with van der Waals surface area (Å²) in [6, 6.07) is 8.97. The quantitative estimate of drug-likeness (QED) is 0.861. The van der Waals surface area contributed by atoms with Gasteiger partial charge in [-0.2, -0.15) is 0 Å². The van der Waals surface area contributed by atoms with Gasteiger partial charge < -0.3 is 10.2 Å². The molecule has 2 aromatic rings. The molecule has 0 aliphatic carbocycles. The second kappa shape index (κ2) is 4.17. The molecule has 0 saturated carbocycles. The summed E-state index contributed by atoms with van der Waals surface area (Å²) in [7, 11) is 0. The van der Waals surface area contributed by atoms with Crippen molar-refractivity contribution in [3.63, 3.8) is 0 Å². The molecule has 3 rings (SSSR count). The summed E-state index contributed by atoms with van der Waals surface area (Å²) in [5, 5.41) is 1.22. The van der Waals surface area contributed by atoms with E-state index in [2.05, 4.69) is 24.0 Å². The third-order valence-corrected chi connectivity index (χ3v) is 3.88. The maximum absolute atomic E-state index is 6.05. The van der Waals surface area contributed by atoms with E-state index in [-0.39, 0.29) is 0 Å². The number of hydrogen-bond donors (Lipinski definition) is 1. The van der Waals surface area contributed by atoms with E-state index < -0.39 is 0 Å². The average Bonchev–Trinajstić information content (AvgIpc) is 2.89. The number of likely N-dealkylation sites (tertiary alicyclic amines) is 1. The molecule has 2 atom stereocenters. The van der Waals surface area contributed by atoms with E-state index >= 15 is 0 Å². The van der Waals surface area contributed by atoms with E-state index in [1.807, 2.05) is 18.4 Å². The Bertz CT molecular complexity index is 520. The summed E-state index contributed by atoms with van der Waals surface area (Å²) < 4.78 is 5.56. The monoisotopic (exact) mass is 230 g/mol. The number of furan rings is 1. The minimum atomic E-state index is 0.313. The molecule has 1 aromatic heterocycles. The molecule has 90 valence electrons. The lowest BCUT2D eigenvalue weighted by Crippen LogP contribution is -2.36. The molecule has 1 aliphatic heterocycles. The largest absolute Gasteiger partial charge is 0.464 e. The number of nitrogens with zero attached hydrogens (tertiary/aromatic N) is 1. The van der Waals surface area contributed by atoms with Crippen molar-refractivity contribution in [2.45, 2.75) is 32.0 Å². The molecule has 2 heterocycles. The molecule has 1 saturated heterocycles. The van der Waals surface area contributed by atoms with E-state index in [1.54, 1.807) is 0 Å². The van der Waals surface area contributed by atoms with Crippen LogP contribution in [-0.4, -0.2) is 23.5 Å². The van der Waals surface area contributed by atoms with Crippen LogP contribution in [0.25, 0.3) is 11.0 Å². The van der Waals surface area contributed by atoms with Crippen LogP contribution in [0.4, 0.5) is 0 Å². The van der Waals surface area contributed by atoms with Crippen LogP contribution in [-0.2, 0) is 6.54 Å². The van der Waals surface area contributed by atoms with E-state index in [9.17, 15) is 0 Å². The van der Waals surface area contributed by atoms with Gasteiger partial charge in [0.05, 0.1) is 6.26 Å². The Labute approximate surface area is 101 Å². The average molecular weight is 230 g/mol. The van der Waals surface area contributed by atoms with Gasteiger partial charge in [-0.05, 0) is 19.4 Å². The van der Waals surface area contributed by atoms with Gasteiger partial charge in [-0.25, -0.2) is 0 Å². The van der Waals surface area contributed by atoms with Crippen molar-refractivity contribution >= 4 is 11.0 Å². The maximum atomic E-state index is 6.05. The number of fused-ring (bicyclic) bond motifs is 1. The maximum Gasteiger partial charge on any atom is 0.134 e. The van der Waals surface area contributed by atoms with E-state index in [0.717, 1.165) is 25.1 Å².